The van der Waals surface area contributed by atoms with E-state index in [0.717, 1.165) is 43.9 Å². The highest BCUT2D eigenvalue weighted by Gasteiger charge is 2.26. The molecule has 1 unspecified atom stereocenters. The number of hydrogen-bond donors (Lipinski definition) is 0. The van der Waals surface area contributed by atoms with Gasteiger partial charge >= 0.3 is 0 Å². The number of amides is 1. The number of hydrogen-bond acceptors (Lipinski definition) is 4. The topological polar surface area (TPSA) is 30.0 Å². The van der Waals surface area contributed by atoms with Gasteiger partial charge in [-0.1, -0.05) is 6.07 Å². The molecule has 1 saturated heterocycles. The zero-order valence-electron chi connectivity index (χ0n) is 16.5. The Bertz CT molecular complexity index is 558. The second kappa shape index (κ2) is 9.20. The minimum atomic E-state index is 0.162. The quantitative estimate of drug-likeness (QED) is 0.757. The van der Waals surface area contributed by atoms with Crippen molar-refractivity contribution in [1.82, 2.24) is 14.7 Å². The predicted molar refractivity (Wildman–Crippen MR) is 105 cm³/mol. The second-order valence-electron chi connectivity index (χ2n) is 7.63. The van der Waals surface area contributed by atoms with Crippen molar-refractivity contribution in [3.63, 3.8) is 0 Å². The van der Waals surface area contributed by atoms with E-state index >= 15 is 0 Å². The normalized spacial score (nSPS) is 18.0. The van der Waals surface area contributed by atoms with Gasteiger partial charge in [0.25, 0.3) is 5.91 Å². The van der Waals surface area contributed by atoms with E-state index in [-0.39, 0.29) is 5.91 Å². The van der Waals surface area contributed by atoms with Crippen molar-refractivity contribution in [1.29, 1.82) is 0 Å². The third-order valence-corrected chi connectivity index (χ3v) is 5.03. The molecule has 140 valence electrons. The van der Waals surface area contributed by atoms with E-state index in [0.29, 0.717) is 6.04 Å². The van der Waals surface area contributed by atoms with Crippen LogP contribution in [0.25, 0.3) is 0 Å². The van der Waals surface area contributed by atoms with E-state index in [1.807, 2.05) is 48.2 Å². The van der Waals surface area contributed by atoms with Crippen molar-refractivity contribution in [2.75, 3.05) is 66.3 Å². The van der Waals surface area contributed by atoms with Crippen LogP contribution < -0.4 is 4.90 Å². The molecule has 5 nitrogen and oxygen atoms in total. The van der Waals surface area contributed by atoms with Gasteiger partial charge in [0.15, 0.2) is 0 Å². The number of piperidine rings is 1. The number of nitrogens with zero attached hydrogens (tertiary/aromatic N) is 4. The summed E-state index contributed by atoms with van der Waals surface area (Å²) < 4.78 is 0. The average Bonchev–Trinajstić information content (AvgIpc) is 2.61. The van der Waals surface area contributed by atoms with Gasteiger partial charge in [-0.2, -0.15) is 0 Å². The predicted octanol–water partition coefficient (Wildman–Crippen LogP) is 2.24. The van der Waals surface area contributed by atoms with Gasteiger partial charge in [0.05, 0.1) is 0 Å². The summed E-state index contributed by atoms with van der Waals surface area (Å²) >= 11 is 0. The van der Waals surface area contributed by atoms with Crippen molar-refractivity contribution in [2.24, 2.45) is 0 Å². The van der Waals surface area contributed by atoms with E-state index in [4.69, 9.17) is 0 Å². The fourth-order valence-electron chi connectivity index (χ4n) is 3.42. The largest absolute Gasteiger partial charge is 0.378 e. The molecule has 0 N–H and O–H groups in total. The molecule has 1 aliphatic rings. The standard InChI is InChI=1S/C20H34N4O/c1-21(2)12-8-13-23(5)19-11-7-14-24(16-19)20(25)17-9-6-10-18(15-17)22(3)4/h6,9-10,15,19H,7-8,11-14,16H2,1-5H3. The molecule has 0 aliphatic carbocycles. The molecular formula is C20H34N4O. The van der Waals surface area contributed by atoms with Gasteiger partial charge in [-0.05, 0) is 71.7 Å². The number of likely N-dealkylation sites (tertiary alicyclic amines) is 1. The number of benzene rings is 1. The molecule has 0 spiro atoms. The lowest BCUT2D eigenvalue weighted by Crippen LogP contribution is -2.49. The molecule has 25 heavy (non-hydrogen) atoms. The summed E-state index contributed by atoms with van der Waals surface area (Å²) in [5, 5.41) is 0. The number of carbonyl (C=O) groups is 1. The average molecular weight is 347 g/mol. The Balaban J connectivity index is 1.95. The summed E-state index contributed by atoms with van der Waals surface area (Å²) in [6.45, 7) is 3.90. The summed E-state index contributed by atoms with van der Waals surface area (Å²) in [4.78, 5) is 21.7. The summed E-state index contributed by atoms with van der Waals surface area (Å²) in [7, 11) is 10.4. The van der Waals surface area contributed by atoms with Gasteiger partial charge in [-0.3, -0.25) is 4.79 Å². The lowest BCUT2D eigenvalue weighted by atomic mass is 10.0. The van der Waals surface area contributed by atoms with Crippen LogP contribution in [0, 0.1) is 0 Å². The molecule has 0 aromatic heterocycles. The minimum Gasteiger partial charge on any atom is -0.378 e. The molecular weight excluding hydrogens is 312 g/mol. The van der Waals surface area contributed by atoms with Crippen LogP contribution in [0.4, 0.5) is 5.69 Å². The van der Waals surface area contributed by atoms with Crippen molar-refractivity contribution in [3.05, 3.63) is 29.8 Å². The first kappa shape index (κ1) is 19.7. The lowest BCUT2D eigenvalue weighted by molar-refractivity contribution is 0.0607. The van der Waals surface area contributed by atoms with Crippen molar-refractivity contribution < 1.29 is 4.79 Å². The first-order valence-corrected chi connectivity index (χ1v) is 9.30. The third-order valence-electron chi connectivity index (χ3n) is 5.03. The van der Waals surface area contributed by atoms with Crippen LogP contribution in [0.2, 0.25) is 0 Å². The van der Waals surface area contributed by atoms with Gasteiger partial charge in [0, 0.05) is 44.5 Å². The highest BCUT2D eigenvalue weighted by Crippen LogP contribution is 2.20. The Hall–Kier alpha value is -1.59. The van der Waals surface area contributed by atoms with Crippen LogP contribution in [-0.2, 0) is 0 Å². The molecule has 0 saturated carbocycles. The van der Waals surface area contributed by atoms with Gasteiger partial charge < -0.3 is 19.6 Å². The second-order valence-corrected chi connectivity index (χ2v) is 7.63. The monoisotopic (exact) mass is 346 g/mol. The van der Waals surface area contributed by atoms with Crippen LogP contribution in [0.1, 0.15) is 29.6 Å². The molecule has 0 bridgehead atoms. The van der Waals surface area contributed by atoms with E-state index in [2.05, 4.69) is 30.9 Å². The molecule has 1 fully saturated rings. The Kier molecular flexibility index (Phi) is 7.26. The Morgan fingerprint density at radius 1 is 1.16 bits per heavy atom. The number of carbonyl (C=O) groups excluding carboxylic acids is 1. The van der Waals surface area contributed by atoms with Gasteiger partial charge in [0.1, 0.15) is 0 Å². The minimum absolute atomic E-state index is 0.162. The molecule has 1 heterocycles. The highest BCUT2D eigenvalue weighted by atomic mass is 16.2. The van der Waals surface area contributed by atoms with E-state index < -0.39 is 0 Å². The summed E-state index contributed by atoms with van der Waals surface area (Å²) in [6.07, 6.45) is 3.43. The van der Waals surface area contributed by atoms with E-state index in [1.165, 1.54) is 12.8 Å². The van der Waals surface area contributed by atoms with Crippen molar-refractivity contribution >= 4 is 11.6 Å². The highest BCUT2D eigenvalue weighted by molar-refractivity contribution is 5.95. The maximum absolute atomic E-state index is 12.9. The van der Waals surface area contributed by atoms with E-state index in [1.54, 1.807) is 0 Å². The molecule has 1 atom stereocenters. The Labute approximate surface area is 153 Å². The SMILES string of the molecule is CN(C)CCCN(C)C1CCCN(C(=O)c2cccc(N(C)C)c2)C1. The smallest absolute Gasteiger partial charge is 0.253 e. The summed E-state index contributed by atoms with van der Waals surface area (Å²) in [5.41, 5.74) is 1.86. The van der Waals surface area contributed by atoms with Crippen LogP contribution >= 0.6 is 0 Å². The third kappa shape index (κ3) is 5.72. The van der Waals surface area contributed by atoms with Crippen LogP contribution in [0.15, 0.2) is 24.3 Å². The van der Waals surface area contributed by atoms with Gasteiger partial charge in [0.2, 0.25) is 0 Å². The molecule has 5 heteroatoms. The first-order chi connectivity index (χ1) is 11.9. The molecule has 1 aromatic rings. The summed E-state index contributed by atoms with van der Waals surface area (Å²) in [6, 6.07) is 8.40. The van der Waals surface area contributed by atoms with Gasteiger partial charge in [-0.25, -0.2) is 0 Å². The lowest BCUT2D eigenvalue weighted by Gasteiger charge is -2.38. The molecule has 1 aromatic carbocycles. The number of likely N-dealkylation sites (N-methyl/N-ethyl adjacent to an activating group) is 1. The number of rotatable bonds is 7. The number of anilines is 1. The molecule has 1 amide bonds. The zero-order chi connectivity index (χ0) is 18.4. The zero-order valence-corrected chi connectivity index (χ0v) is 16.5. The first-order valence-electron chi connectivity index (χ1n) is 9.30. The summed E-state index contributed by atoms with van der Waals surface area (Å²) in [5.74, 6) is 0.162. The Morgan fingerprint density at radius 3 is 2.60 bits per heavy atom. The van der Waals surface area contributed by atoms with Gasteiger partial charge in [-0.15, -0.1) is 0 Å². The fraction of sp³-hybridized carbons (Fsp3) is 0.650. The van der Waals surface area contributed by atoms with Crippen LogP contribution in [0.3, 0.4) is 0 Å². The molecule has 0 radical (unpaired) electrons. The molecule has 1 aliphatic heterocycles. The van der Waals surface area contributed by atoms with Crippen LogP contribution in [0.5, 0.6) is 0 Å². The Morgan fingerprint density at radius 2 is 1.92 bits per heavy atom. The molecule has 2 rings (SSSR count). The maximum Gasteiger partial charge on any atom is 0.253 e. The fourth-order valence-corrected chi connectivity index (χ4v) is 3.42. The van der Waals surface area contributed by atoms with E-state index in [9.17, 15) is 4.79 Å². The van der Waals surface area contributed by atoms with Crippen molar-refractivity contribution in [3.8, 4) is 0 Å². The van der Waals surface area contributed by atoms with Crippen LogP contribution in [-0.4, -0.2) is 88.1 Å². The maximum atomic E-state index is 12.9. The van der Waals surface area contributed by atoms with Crippen molar-refractivity contribution in [2.45, 2.75) is 25.3 Å².